The van der Waals surface area contributed by atoms with Crippen LogP contribution in [0, 0.1) is 0 Å². The van der Waals surface area contributed by atoms with Crippen molar-refractivity contribution in [2.24, 2.45) is 0 Å². The van der Waals surface area contributed by atoms with Gasteiger partial charge in [0, 0.05) is 0 Å². The summed E-state index contributed by atoms with van der Waals surface area (Å²) >= 11 is 0.856. The molecule has 0 aromatic carbocycles. The molecule has 0 bridgehead atoms. The van der Waals surface area contributed by atoms with Crippen LogP contribution in [0.4, 0.5) is 0 Å². The number of hydrogen-bond acceptors (Lipinski definition) is 0. The molecule has 0 radical (unpaired) electrons. The molecule has 0 saturated heterocycles. The van der Waals surface area contributed by atoms with Crippen molar-refractivity contribution in [2.45, 2.75) is 88.7 Å². The topological polar surface area (TPSA) is 0 Å². The van der Waals surface area contributed by atoms with E-state index in [0.717, 1.165) is 15.0 Å². The van der Waals surface area contributed by atoms with Crippen LogP contribution in [0.2, 0.25) is 9.63 Å². The molecule has 0 aliphatic carbocycles. The van der Waals surface area contributed by atoms with Gasteiger partial charge in [-0.05, 0) is 0 Å². The van der Waals surface area contributed by atoms with E-state index in [9.17, 15) is 0 Å². The van der Waals surface area contributed by atoms with Gasteiger partial charge in [-0.3, -0.25) is 0 Å². The van der Waals surface area contributed by atoms with Gasteiger partial charge in [0.25, 0.3) is 0 Å². The van der Waals surface area contributed by atoms with E-state index in [2.05, 4.69) is 27.7 Å². The third-order valence-electron chi connectivity index (χ3n) is 2.53. The van der Waals surface area contributed by atoms with Gasteiger partial charge in [-0.1, -0.05) is 0 Å². The molecule has 1 heteroatoms. The first-order valence-electron chi connectivity index (χ1n) is 6.70. The first-order valence-corrected chi connectivity index (χ1v) is 8.77. The van der Waals surface area contributed by atoms with E-state index in [0.29, 0.717) is 4.31 Å². The third kappa shape index (κ3) is 14.5. The molecule has 0 atom stereocenters. The first kappa shape index (κ1) is 15.5. The van der Waals surface area contributed by atoms with Crippen LogP contribution in [-0.4, -0.2) is 15.0 Å². The molecular weight excluding hydrogens is 247 g/mol. The molecule has 0 aromatic rings. The second kappa shape index (κ2) is 9.72. The van der Waals surface area contributed by atoms with E-state index in [1.54, 1.807) is 0 Å². The van der Waals surface area contributed by atoms with Gasteiger partial charge in [-0.25, -0.2) is 0 Å². The summed E-state index contributed by atoms with van der Waals surface area (Å²) in [5, 5.41) is 1.49. The molecule has 0 unspecified atom stereocenters. The molecule has 15 heavy (non-hydrogen) atoms. The van der Waals surface area contributed by atoms with Gasteiger partial charge in [0.15, 0.2) is 0 Å². The average molecular weight is 277 g/mol. The maximum absolute atomic E-state index is 2.37. The normalized spacial score (nSPS) is 12.0. The molecule has 0 aliphatic heterocycles. The van der Waals surface area contributed by atoms with Crippen molar-refractivity contribution in [1.29, 1.82) is 0 Å². The zero-order chi connectivity index (χ0) is 11.6. The Morgan fingerprint density at radius 3 is 1.67 bits per heavy atom. The molecule has 0 nitrogen and oxygen atoms in total. The molecule has 0 aliphatic rings. The molecule has 0 heterocycles. The second-order valence-corrected chi connectivity index (χ2v) is 9.47. The summed E-state index contributed by atoms with van der Waals surface area (Å²) in [5.41, 5.74) is 0. The van der Waals surface area contributed by atoms with Crippen molar-refractivity contribution in [3.8, 4) is 0 Å². The Bertz CT molecular complexity index is 124. The zero-order valence-electron chi connectivity index (χ0n) is 11.3. The minimum absolute atomic E-state index is 0.605. The summed E-state index contributed by atoms with van der Waals surface area (Å²) < 4.78 is 0.605. The van der Waals surface area contributed by atoms with Gasteiger partial charge in [-0.2, -0.15) is 0 Å². The van der Waals surface area contributed by atoms with Crippen LogP contribution in [0.3, 0.4) is 0 Å². The van der Waals surface area contributed by atoms with Crippen LogP contribution in [0.1, 0.15) is 79.1 Å². The predicted octanol–water partition coefficient (Wildman–Crippen LogP) is 5.47. The fourth-order valence-electron chi connectivity index (χ4n) is 1.61. The molecular formula is C14H30Se. The molecule has 0 amide bonds. The molecule has 0 N–H and O–H groups in total. The first-order chi connectivity index (χ1) is 7.06. The van der Waals surface area contributed by atoms with Crippen LogP contribution in [-0.2, 0) is 0 Å². The third-order valence-corrected chi connectivity index (χ3v) is 5.38. The molecule has 0 spiro atoms. The number of rotatable bonds is 9. The predicted molar refractivity (Wildman–Crippen MR) is 72.9 cm³/mol. The summed E-state index contributed by atoms with van der Waals surface area (Å²) in [6, 6.07) is 0. The Morgan fingerprint density at radius 1 is 0.733 bits per heavy atom. The van der Waals surface area contributed by atoms with E-state index < -0.39 is 0 Å². The molecule has 0 aromatic heterocycles. The van der Waals surface area contributed by atoms with Crippen LogP contribution in [0.25, 0.3) is 0 Å². The fourth-order valence-corrected chi connectivity index (χ4v) is 3.63. The van der Waals surface area contributed by atoms with Gasteiger partial charge in [0.05, 0.1) is 0 Å². The minimum atomic E-state index is 0.605. The Labute approximate surface area is 104 Å². The van der Waals surface area contributed by atoms with Crippen molar-refractivity contribution < 1.29 is 0 Å². The van der Waals surface area contributed by atoms with Crippen molar-refractivity contribution in [3.05, 3.63) is 0 Å². The van der Waals surface area contributed by atoms with Gasteiger partial charge >= 0.3 is 104 Å². The monoisotopic (exact) mass is 278 g/mol. The summed E-state index contributed by atoms with van der Waals surface area (Å²) in [4.78, 5) is 0. The second-order valence-electron chi connectivity index (χ2n) is 5.44. The van der Waals surface area contributed by atoms with Gasteiger partial charge < -0.3 is 0 Å². The van der Waals surface area contributed by atoms with Gasteiger partial charge in [-0.15, -0.1) is 0 Å². The van der Waals surface area contributed by atoms with Crippen molar-refractivity contribution >= 4 is 15.0 Å². The van der Waals surface area contributed by atoms with E-state index in [4.69, 9.17) is 0 Å². The fraction of sp³-hybridized carbons (Fsp3) is 1.00. The van der Waals surface area contributed by atoms with Crippen molar-refractivity contribution in [3.63, 3.8) is 0 Å². The number of hydrogen-bond donors (Lipinski definition) is 0. The maximum atomic E-state index is 2.37. The SMILES string of the molecule is CCCCCCCCCC[Se]C(C)(C)C. The van der Waals surface area contributed by atoms with E-state index in [1.165, 1.54) is 56.7 Å². The molecule has 92 valence electrons. The summed E-state index contributed by atoms with van der Waals surface area (Å²) in [5.74, 6) is 0. The van der Waals surface area contributed by atoms with Crippen LogP contribution in [0.15, 0.2) is 0 Å². The Hall–Kier alpha value is 0.519. The summed E-state index contributed by atoms with van der Waals surface area (Å²) in [6.45, 7) is 9.40. The van der Waals surface area contributed by atoms with E-state index in [-0.39, 0.29) is 0 Å². The molecule has 0 fully saturated rings. The standard InChI is InChI=1S/C14H30Se/c1-5-6-7-8-9-10-11-12-13-15-14(2,3)4/h5-13H2,1-4H3. The zero-order valence-corrected chi connectivity index (χ0v) is 13.0. The Kier molecular flexibility index (Phi) is 10.1. The quantitative estimate of drug-likeness (QED) is 0.387. The van der Waals surface area contributed by atoms with Crippen LogP contribution in [0.5, 0.6) is 0 Å². The molecule has 0 rings (SSSR count). The van der Waals surface area contributed by atoms with Gasteiger partial charge in [0.2, 0.25) is 0 Å². The Balaban J connectivity index is 2.99. The van der Waals surface area contributed by atoms with Crippen molar-refractivity contribution in [2.75, 3.05) is 0 Å². The summed E-state index contributed by atoms with van der Waals surface area (Å²) in [7, 11) is 0. The van der Waals surface area contributed by atoms with Gasteiger partial charge in [0.1, 0.15) is 0 Å². The van der Waals surface area contributed by atoms with Crippen LogP contribution >= 0.6 is 0 Å². The van der Waals surface area contributed by atoms with E-state index >= 15 is 0 Å². The van der Waals surface area contributed by atoms with Crippen molar-refractivity contribution in [1.82, 2.24) is 0 Å². The number of unbranched alkanes of at least 4 members (excludes halogenated alkanes) is 7. The van der Waals surface area contributed by atoms with E-state index in [1.807, 2.05) is 0 Å². The summed E-state index contributed by atoms with van der Waals surface area (Å²) in [6.07, 6.45) is 11.6. The van der Waals surface area contributed by atoms with Crippen LogP contribution < -0.4 is 0 Å². The Morgan fingerprint density at radius 2 is 1.20 bits per heavy atom. The molecule has 0 saturated carbocycles. The average Bonchev–Trinajstić information content (AvgIpc) is 2.14.